The van der Waals surface area contributed by atoms with Crippen LogP contribution in [0.5, 0.6) is 5.75 Å². The number of aryl methyl sites for hydroxylation is 1. The van der Waals surface area contributed by atoms with Crippen LogP contribution in [0.25, 0.3) is 5.57 Å². The number of benzene rings is 3. The smallest absolute Gasteiger partial charge is 0.230 e. The maximum atomic E-state index is 13.8. The monoisotopic (exact) mass is 543 g/mol. The summed E-state index contributed by atoms with van der Waals surface area (Å²) in [7, 11) is -0.0351. The van der Waals surface area contributed by atoms with Crippen LogP contribution in [-0.2, 0) is 38.7 Å². The van der Waals surface area contributed by atoms with Gasteiger partial charge in [0.15, 0.2) is 9.84 Å². The Morgan fingerprint density at radius 1 is 0.923 bits per heavy atom. The molecule has 0 unspecified atom stereocenters. The van der Waals surface area contributed by atoms with E-state index in [9.17, 15) is 18.0 Å². The van der Waals surface area contributed by atoms with Gasteiger partial charge in [0.1, 0.15) is 11.5 Å². The van der Waals surface area contributed by atoms with Crippen LogP contribution in [0.2, 0.25) is 0 Å². The second-order valence-corrected chi connectivity index (χ2v) is 12.7. The molecule has 5 rings (SSSR count). The summed E-state index contributed by atoms with van der Waals surface area (Å²) in [6.45, 7) is 0. The summed E-state index contributed by atoms with van der Waals surface area (Å²) in [5.41, 5.74) is 6.17. The number of rotatable bonds is 3. The fourth-order valence-corrected chi connectivity index (χ4v) is 7.16. The van der Waals surface area contributed by atoms with Gasteiger partial charge in [0.05, 0.1) is 18.6 Å². The third-order valence-corrected chi connectivity index (χ3v) is 9.34. The summed E-state index contributed by atoms with van der Waals surface area (Å²) in [5, 5.41) is 0. The molecule has 1 aliphatic heterocycles. The van der Waals surface area contributed by atoms with Gasteiger partial charge < -0.3 is 9.64 Å². The molecule has 2 bridgehead atoms. The first kappa shape index (κ1) is 26.9. The highest BCUT2D eigenvalue weighted by Crippen LogP contribution is 2.37. The minimum absolute atomic E-state index is 0.0418. The Morgan fingerprint density at radius 3 is 2.44 bits per heavy atom. The first-order chi connectivity index (χ1) is 18.7. The molecule has 202 valence electrons. The topological polar surface area (TPSA) is 80.8 Å². The minimum Gasteiger partial charge on any atom is -0.497 e. The van der Waals surface area contributed by atoms with Gasteiger partial charge in [-0.25, -0.2) is 8.42 Å². The van der Waals surface area contributed by atoms with Crippen molar-refractivity contribution in [3.8, 4) is 5.75 Å². The highest BCUT2D eigenvalue weighted by atomic mass is 32.2. The molecule has 0 N–H and O–H groups in total. The molecular weight excluding hydrogens is 510 g/mol. The van der Waals surface area contributed by atoms with Crippen molar-refractivity contribution in [3.63, 3.8) is 0 Å². The number of anilines is 1. The largest absolute Gasteiger partial charge is 0.497 e. The Labute approximate surface area is 230 Å². The number of nitrogens with zero attached hydrogens (tertiary/aromatic N) is 1. The number of hydrogen-bond acceptors (Lipinski definition) is 5. The summed E-state index contributed by atoms with van der Waals surface area (Å²) in [6.07, 6.45) is 1.55. The predicted octanol–water partition coefficient (Wildman–Crippen LogP) is 4.85. The summed E-state index contributed by atoms with van der Waals surface area (Å²) in [6, 6.07) is 22.8. The summed E-state index contributed by atoms with van der Waals surface area (Å²) < 4.78 is 31.5. The molecule has 3 aromatic rings. The number of sulfone groups is 1. The lowest BCUT2D eigenvalue weighted by molar-refractivity contribution is -0.127. The van der Waals surface area contributed by atoms with Crippen LogP contribution in [-0.4, -0.2) is 45.8 Å². The van der Waals surface area contributed by atoms with Crippen LogP contribution < -0.4 is 9.64 Å². The lowest BCUT2D eigenvalue weighted by Crippen LogP contribution is -2.35. The molecule has 0 saturated heterocycles. The molecule has 1 amide bonds. The van der Waals surface area contributed by atoms with Crippen molar-refractivity contribution in [2.45, 2.75) is 32.1 Å². The van der Waals surface area contributed by atoms with E-state index in [1.807, 2.05) is 60.7 Å². The Bertz CT molecular complexity index is 1540. The van der Waals surface area contributed by atoms with Crippen molar-refractivity contribution in [1.82, 2.24) is 0 Å². The van der Waals surface area contributed by atoms with E-state index in [0.29, 0.717) is 25.0 Å². The van der Waals surface area contributed by atoms with E-state index < -0.39 is 15.8 Å². The maximum Gasteiger partial charge on any atom is 0.230 e. The SMILES string of the molecule is COc1ccc(N(C)C(=O)[C@H]2CC(=O)CC3=C(Cc4ccccc43)CS(=O)(=O)CCc3cccc(c3)C2)cc1. The second-order valence-electron chi connectivity index (χ2n) is 10.5. The lowest BCUT2D eigenvalue weighted by atomic mass is 9.89. The van der Waals surface area contributed by atoms with Gasteiger partial charge in [-0.05, 0) is 76.9 Å². The van der Waals surface area contributed by atoms with Gasteiger partial charge in [-0.2, -0.15) is 0 Å². The zero-order valence-corrected chi connectivity index (χ0v) is 23.2. The summed E-state index contributed by atoms with van der Waals surface area (Å²) >= 11 is 0. The zero-order chi connectivity index (χ0) is 27.6. The Kier molecular flexibility index (Phi) is 7.71. The number of allylic oxidation sites excluding steroid dienone is 1. The number of carbonyl (C=O) groups is 2. The van der Waals surface area contributed by atoms with Gasteiger partial charge in [-0.3, -0.25) is 9.59 Å². The molecule has 0 aromatic heterocycles. The van der Waals surface area contributed by atoms with Crippen molar-refractivity contribution < 1.29 is 22.7 Å². The highest BCUT2D eigenvalue weighted by molar-refractivity contribution is 7.91. The Morgan fingerprint density at radius 2 is 1.67 bits per heavy atom. The molecule has 7 heteroatoms. The van der Waals surface area contributed by atoms with Crippen molar-refractivity contribution in [2.24, 2.45) is 5.92 Å². The van der Waals surface area contributed by atoms with Gasteiger partial charge in [-0.15, -0.1) is 0 Å². The van der Waals surface area contributed by atoms with Gasteiger partial charge in [0.2, 0.25) is 5.91 Å². The molecule has 1 atom stereocenters. The molecule has 0 saturated carbocycles. The molecule has 0 spiro atoms. The van der Waals surface area contributed by atoms with E-state index in [2.05, 4.69) is 0 Å². The van der Waals surface area contributed by atoms with Crippen LogP contribution >= 0.6 is 0 Å². The number of methoxy groups -OCH3 is 1. The highest BCUT2D eigenvalue weighted by Gasteiger charge is 2.30. The molecule has 2 aliphatic rings. The number of Topliss-reactive ketones (excluding diaryl/α,β-unsaturated/α-hetero) is 1. The molecule has 3 aromatic carbocycles. The molecule has 0 fully saturated rings. The van der Waals surface area contributed by atoms with E-state index >= 15 is 0 Å². The average molecular weight is 544 g/mol. The Balaban J connectivity index is 1.49. The number of amides is 1. The first-order valence-corrected chi connectivity index (χ1v) is 15.1. The van der Waals surface area contributed by atoms with Crippen molar-refractivity contribution in [2.75, 3.05) is 30.6 Å². The van der Waals surface area contributed by atoms with Crippen LogP contribution in [0.1, 0.15) is 35.1 Å². The number of hydrogen-bond donors (Lipinski definition) is 0. The zero-order valence-electron chi connectivity index (χ0n) is 22.4. The fraction of sp³-hybridized carbons (Fsp3) is 0.312. The van der Waals surface area contributed by atoms with Gasteiger partial charge >= 0.3 is 0 Å². The van der Waals surface area contributed by atoms with Gasteiger partial charge in [0.25, 0.3) is 0 Å². The van der Waals surface area contributed by atoms with Gasteiger partial charge in [-0.1, -0.05) is 48.5 Å². The average Bonchev–Trinajstić information content (AvgIpc) is 3.26. The van der Waals surface area contributed by atoms with Crippen molar-refractivity contribution >= 4 is 32.8 Å². The third-order valence-electron chi connectivity index (χ3n) is 7.73. The standard InChI is InChI=1S/C32H33NO5S/c1-33(27-10-12-29(38-2)13-11-27)32(35)25-17-23-7-5-6-22(16-23)14-15-39(36,37)21-26-18-24-8-3-4-9-30(24)31(26)20-28(34)19-25/h3-13,16,25H,14-15,17-21H2,1-2H3/t25-/m1/s1. The molecule has 6 nitrogen and oxygen atoms in total. The van der Waals surface area contributed by atoms with Crippen LogP contribution in [0.4, 0.5) is 5.69 Å². The van der Waals surface area contributed by atoms with E-state index in [1.165, 1.54) is 0 Å². The van der Waals surface area contributed by atoms with E-state index in [4.69, 9.17) is 4.74 Å². The minimum atomic E-state index is -3.36. The van der Waals surface area contributed by atoms with E-state index in [0.717, 1.165) is 39.1 Å². The summed E-state index contributed by atoms with van der Waals surface area (Å²) in [4.78, 5) is 29.0. The van der Waals surface area contributed by atoms with Crippen LogP contribution in [0, 0.1) is 5.92 Å². The van der Waals surface area contributed by atoms with E-state index in [1.54, 1.807) is 31.2 Å². The number of carbonyl (C=O) groups excluding carboxylic acids is 2. The normalized spacial score (nSPS) is 19.0. The van der Waals surface area contributed by atoms with Crippen LogP contribution in [0.15, 0.2) is 78.4 Å². The first-order valence-electron chi connectivity index (χ1n) is 13.2. The van der Waals surface area contributed by atoms with Crippen molar-refractivity contribution in [1.29, 1.82) is 0 Å². The fourth-order valence-electron chi connectivity index (χ4n) is 5.66. The van der Waals surface area contributed by atoms with Gasteiger partial charge in [0, 0.05) is 31.5 Å². The predicted molar refractivity (Wildman–Crippen MR) is 154 cm³/mol. The number of ether oxygens (including phenoxy) is 1. The molecule has 1 aliphatic carbocycles. The number of fused-ring (bicyclic) bond motifs is 4. The molecular formula is C32H33NO5S. The maximum absolute atomic E-state index is 13.8. The van der Waals surface area contributed by atoms with Crippen molar-refractivity contribution in [3.05, 3.63) is 101 Å². The quantitative estimate of drug-likeness (QED) is 0.472. The number of ketones is 1. The lowest BCUT2D eigenvalue weighted by Gasteiger charge is -2.24. The van der Waals surface area contributed by atoms with Crippen LogP contribution in [0.3, 0.4) is 0 Å². The molecule has 1 heterocycles. The Hall–Kier alpha value is -3.71. The second kappa shape index (κ2) is 11.2. The molecule has 0 radical (unpaired) electrons. The molecule has 39 heavy (non-hydrogen) atoms. The third kappa shape index (κ3) is 6.14. The summed E-state index contributed by atoms with van der Waals surface area (Å²) in [5.74, 6) is -0.0484. The van der Waals surface area contributed by atoms with E-state index in [-0.39, 0.29) is 36.0 Å².